The molecule has 2 aromatic heterocycles. The molecule has 138 valence electrons. The minimum Gasteiger partial charge on any atom is -0.378 e. The van der Waals surface area contributed by atoms with Gasteiger partial charge in [0.15, 0.2) is 0 Å². The second kappa shape index (κ2) is 7.97. The summed E-state index contributed by atoms with van der Waals surface area (Å²) in [7, 11) is 0. The van der Waals surface area contributed by atoms with Crippen LogP contribution < -0.4 is 10.5 Å². The highest BCUT2D eigenvalue weighted by atomic mass is 16.5. The largest absolute Gasteiger partial charge is 0.378 e. The molecule has 0 saturated carbocycles. The first kappa shape index (κ1) is 17.2. The average Bonchev–Trinajstić information content (AvgIpc) is 2.69. The summed E-state index contributed by atoms with van der Waals surface area (Å²) in [6, 6.07) is 5.91. The topological polar surface area (TPSA) is 63.5 Å². The lowest BCUT2D eigenvalue weighted by Crippen LogP contribution is -2.41. The molecule has 0 aromatic carbocycles. The van der Waals surface area contributed by atoms with E-state index < -0.39 is 0 Å². The minimum absolute atomic E-state index is 0.0118. The van der Waals surface area contributed by atoms with Crippen LogP contribution in [0.5, 0.6) is 0 Å². The Morgan fingerprint density at radius 1 is 1.19 bits per heavy atom. The molecular weight excluding hydrogens is 330 g/mol. The molecule has 2 aliphatic heterocycles. The van der Waals surface area contributed by atoms with Crippen molar-refractivity contribution in [3.05, 3.63) is 52.7 Å². The molecule has 0 N–H and O–H groups in total. The van der Waals surface area contributed by atoms with Gasteiger partial charge in [0.1, 0.15) is 0 Å². The van der Waals surface area contributed by atoms with Crippen LogP contribution in [0.3, 0.4) is 0 Å². The van der Waals surface area contributed by atoms with Crippen molar-refractivity contribution < 1.29 is 4.74 Å². The van der Waals surface area contributed by atoms with Crippen LogP contribution in [0.25, 0.3) is 0 Å². The zero-order chi connectivity index (χ0) is 17.8. The predicted molar refractivity (Wildman–Crippen MR) is 99.3 cm³/mol. The molecule has 4 heterocycles. The van der Waals surface area contributed by atoms with Gasteiger partial charge in [-0.1, -0.05) is 6.07 Å². The number of anilines is 1. The lowest BCUT2D eigenvalue weighted by Gasteiger charge is -2.33. The second-order valence-electron chi connectivity index (χ2n) is 6.99. The van der Waals surface area contributed by atoms with Crippen molar-refractivity contribution in [2.45, 2.75) is 25.4 Å². The Morgan fingerprint density at radius 2 is 2.08 bits per heavy atom. The average molecular weight is 355 g/mol. The molecule has 0 amide bonds. The summed E-state index contributed by atoms with van der Waals surface area (Å²) < 4.78 is 7.04. The molecule has 0 spiro atoms. The van der Waals surface area contributed by atoms with E-state index in [9.17, 15) is 4.79 Å². The Bertz CT molecular complexity index is 773. The SMILES string of the molecule is O=c1cc(N2CCOCC2)cnn1[C@@H]1CCCN(Cc2cccnc2)C1. The van der Waals surface area contributed by atoms with Crippen molar-refractivity contribution in [1.29, 1.82) is 0 Å². The number of pyridine rings is 1. The molecule has 0 bridgehead atoms. The summed E-state index contributed by atoms with van der Waals surface area (Å²) >= 11 is 0. The fraction of sp³-hybridized carbons (Fsp3) is 0.526. The molecule has 1 atom stereocenters. The third kappa shape index (κ3) is 3.94. The highest BCUT2D eigenvalue weighted by Gasteiger charge is 2.23. The van der Waals surface area contributed by atoms with Gasteiger partial charge in [0.05, 0.1) is 31.1 Å². The summed E-state index contributed by atoms with van der Waals surface area (Å²) in [6.07, 6.45) is 7.59. The summed E-state index contributed by atoms with van der Waals surface area (Å²) in [6.45, 7) is 5.79. The minimum atomic E-state index is -0.0118. The lowest BCUT2D eigenvalue weighted by molar-refractivity contribution is 0.122. The van der Waals surface area contributed by atoms with E-state index in [0.29, 0.717) is 13.2 Å². The van der Waals surface area contributed by atoms with Crippen LogP contribution in [0.1, 0.15) is 24.4 Å². The van der Waals surface area contributed by atoms with E-state index in [2.05, 4.69) is 25.9 Å². The number of aromatic nitrogens is 3. The van der Waals surface area contributed by atoms with Gasteiger partial charge in [0, 0.05) is 44.6 Å². The Hall–Kier alpha value is -2.25. The van der Waals surface area contributed by atoms with E-state index >= 15 is 0 Å². The molecule has 0 radical (unpaired) electrons. The molecule has 4 rings (SSSR count). The molecule has 2 aliphatic rings. The third-order valence-corrected chi connectivity index (χ3v) is 5.14. The van der Waals surface area contributed by atoms with Crippen molar-refractivity contribution in [3.8, 4) is 0 Å². The number of rotatable bonds is 4. The van der Waals surface area contributed by atoms with E-state index in [1.807, 2.05) is 18.5 Å². The van der Waals surface area contributed by atoms with Crippen molar-refractivity contribution in [2.24, 2.45) is 0 Å². The molecule has 7 nitrogen and oxygen atoms in total. The zero-order valence-corrected chi connectivity index (χ0v) is 15.0. The van der Waals surface area contributed by atoms with E-state index in [1.165, 1.54) is 5.56 Å². The zero-order valence-electron chi connectivity index (χ0n) is 15.0. The van der Waals surface area contributed by atoms with Gasteiger partial charge >= 0.3 is 0 Å². The monoisotopic (exact) mass is 355 g/mol. The van der Waals surface area contributed by atoms with Crippen molar-refractivity contribution >= 4 is 5.69 Å². The summed E-state index contributed by atoms with van der Waals surface area (Å²) in [5, 5.41) is 4.50. The van der Waals surface area contributed by atoms with Crippen LogP contribution in [0.4, 0.5) is 5.69 Å². The maximum atomic E-state index is 12.7. The van der Waals surface area contributed by atoms with Gasteiger partial charge in [0.25, 0.3) is 5.56 Å². The normalized spacial score (nSPS) is 21.7. The van der Waals surface area contributed by atoms with Gasteiger partial charge in [-0.2, -0.15) is 5.10 Å². The Morgan fingerprint density at radius 3 is 2.85 bits per heavy atom. The Labute approximate surface area is 153 Å². The number of hydrogen-bond donors (Lipinski definition) is 0. The highest BCUT2D eigenvalue weighted by Crippen LogP contribution is 2.21. The van der Waals surface area contributed by atoms with Crippen LogP contribution >= 0.6 is 0 Å². The van der Waals surface area contributed by atoms with E-state index in [0.717, 1.165) is 51.3 Å². The van der Waals surface area contributed by atoms with Crippen molar-refractivity contribution in [3.63, 3.8) is 0 Å². The molecule has 0 aliphatic carbocycles. The molecular formula is C19H25N5O2. The van der Waals surface area contributed by atoms with Crippen LogP contribution in [0.2, 0.25) is 0 Å². The quantitative estimate of drug-likeness (QED) is 0.824. The second-order valence-corrected chi connectivity index (χ2v) is 6.99. The van der Waals surface area contributed by atoms with Crippen LogP contribution in [-0.4, -0.2) is 59.1 Å². The smallest absolute Gasteiger partial charge is 0.269 e. The van der Waals surface area contributed by atoms with Gasteiger partial charge in [-0.15, -0.1) is 0 Å². The summed E-state index contributed by atoms with van der Waals surface area (Å²) in [5.41, 5.74) is 2.09. The van der Waals surface area contributed by atoms with Gasteiger partial charge < -0.3 is 9.64 Å². The van der Waals surface area contributed by atoms with Gasteiger partial charge in [-0.3, -0.25) is 14.7 Å². The fourth-order valence-electron chi connectivity index (χ4n) is 3.80. The number of ether oxygens (including phenoxy) is 1. The summed E-state index contributed by atoms with van der Waals surface area (Å²) in [5.74, 6) is 0. The van der Waals surface area contributed by atoms with Crippen LogP contribution in [0, 0.1) is 0 Å². The van der Waals surface area contributed by atoms with E-state index in [-0.39, 0.29) is 11.6 Å². The first-order valence-electron chi connectivity index (χ1n) is 9.32. The molecule has 0 unspecified atom stereocenters. The third-order valence-electron chi connectivity index (χ3n) is 5.14. The van der Waals surface area contributed by atoms with Crippen molar-refractivity contribution in [2.75, 3.05) is 44.3 Å². The van der Waals surface area contributed by atoms with Crippen molar-refractivity contribution in [1.82, 2.24) is 19.7 Å². The number of piperidine rings is 1. The Kier molecular flexibility index (Phi) is 5.26. The first-order chi connectivity index (χ1) is 12.8. The first-order valence-corrected chi connectivity index (χ1v) is 9.32. The molecule has 2 aromatic rings. The molecule has 7 heteroatoms. The fourth-order valence-corrected chi connectivity index (χ4v) is 3.80. The van der Waals surface area contributed by atoms with Gasteiger partial charge in [-0.05, 0) is 31.0 Å². The van der Waals surface area contributed by atoms with E-state index in [1.54, 1.807) is 16.9 Å². The molecule has 26 heavy (non-hydrogen) atoms. The maximum absolute atomic E-state index is 12.7. The maximum Gasteiger partial charge on any atom is 0.269 e. The highest BCUT2D eigenvalue weighted by molar-refractivity contribution is 5.43. The molecule has 2 saturated heterocycles. The Balaban J connectivity index is 1.45. The van der Waals surface area contributed by atoms with Gasteiger partial charge in [-0.25, -0.2) is 4.68 Å². The predicted octanol–water partition coefficient (Wildman–Crippen LogP) is 1.31. The van der Waals surface area contributed by atoms with E-state index in [4.69, 9.17) is 4.74 Å². The summed E-state index contributed by atoms with van der Waals surface area (Å²) in [4.78, 5) is 21.4. The lowest BCUT2D eigenvalue weighted by atomic mass is 10.1. The standard InChI is InChI=1S/C19H25N5O2/c25-19-11-18(23-7-9-26-10-8-23)13-21-24(19)17-4-2-6-22(15-17)14-16-3-1-5-20-12-16/h1,3,5,11-13,17H,2,4,6-10,14-15H2/t17-/m1/s1. The van der Waals surface area contributed by atoms with Gasteiger partial charge in [0.2, 0.25) is 0 Å². The van der Waals surface area contributed by atoms with Crippen LogP contribution in [-0.2, 0) is 11.3 Å². The number of hydrogen-bond acceptors (Lipinski definition) is 6. The number of likely N-dealkylation sites (tertiary alicyclic amines) is 1. The van der Waals surface area contributed by atoms with Crippen LogP contribution in [0.15, 0.2) is 41.6 Å². The number of nitrogens with zero attached hydrogens (tertiary/aromatic N) is 5. The molecule has 2 fully saturated rings. The number of morpholine rings is 1.